The minimum absolute atomic E-state index is 0.0693. The molecule has 0 radical (unpaired) electrons. The highest BCUT2D eigenvalue weighted by Crippen LogP contribution is 2.44. The van der Waals surface area contributed by atoms with Crippen LogP contribution in [-0.2, 0) is 4.74 Å². The Hall–Kier alpha value is -3.86. The number of hydrogen-bond donors (Lipinski definition) is 2. The molecule has 148 valence electrons. The summed E-state index contributed by atoms with van der Waals surface area (Å²) >= 11 is 0. The molecule has 2 N–H and O–H groups in total. The molecule has 0 aliphatic heterocycles. The minimum Gasteiger partial charge on any atom is -0.449 e. The van der Waals surface area contributed by atoms with Crippen molar-refractivity contribution in [3.05, 3.63) is 95.7 Å². The van der Waals surface area contributed by atoms with Crippen molar-refractivity contribution in [1.29, 1.82) is 0 Å². The second-order valence-corrected chi connectivity index (χ2v) is 7.33. The second kappa shape index (κ2) is 7.87. The quantitative estimate of drug-likeness (QED) is 0.493. The van der Waals surface area contributed by atoms with E-state index >= 15 is 0 Å². The number of H-pyrrole nitrogens is 1. The number of aromatic nitrogens is 2. The van der Waals surface area contributed by atoms with Crippen molar-refractivity contribution in [2.24, 2.45) is 0 Å². The molecule has 1 aliphatic rings. The van der Waals surface area contributed by atoms with Crippen molar-refractivity contribution < 1.29 is 9.53 Å². The van der Waals surface area contributed by atoms with Crippen LogP contribution >= 0.6 is 0 Å². The van der Waals surface area contributed by atoms with E-state index in [1.807, 2.05) is 54.6 Å². The number of ether oxygens (including phenoxy) is 1. The normalized spacial score (nSPS) is 12.8. The molecule has 0 saturated carbocycles. The SMILES string of the molecule is O=C(NCC=Cc1ccc2cn[nH]c2c1)OCC1c2ccccc2-c2ccccc21. The number of amides is 1. The number of hydrogen-bond acceptors (Lipinski definition) is 3. The number of alkyl carbamates (subject to hydrolysis) is 1. The Kier molecular flexibility index (Phi) is 4.77. The van der Waals surface area contributed by atoms with Gasteiger partial charge in [0.2, 0.25) is 0 Å². The zero-order chi connectivity index (χ0) is 20.3. The molecule has 0 bridgehead atoms. The fourth-order valence-corrected chi connectivity index (χ4v) is 4.05. The van der Waals surface area contributed by atoms with Gasteiger partial charge in [-0.15, -0.1) is 0 Å². The average Bonchev–Trinajstić information content (AvgIpc) is 3.37. The van der Waals surface area contributed by atoms with E-state index in [0.717, 1.165) is 16.5 Å². The Labute approximate surface area is 174 Å². The largest absolute Gasteiger partial charge is 0.449 e. The first-order chi connectivity index (χ1) is 14.8. The number of nitrogens with one attached hydrogen (secondary N) is 2. The minimum atomic E-state index is -0.412. The molecule has 5 rings (SSSR count). The third-order valence-electron chi connectivity index (χ3n) is 5.48. The van der Waals surface area contributed by atoms with E-state index in [4.69, 9.17) is 4.74 Å². The Morgan fingerprint density at radius 1 is 1.03 bits per heavy atom. The highest BCUT2D eigenvalue weighted by atomic mass is 16.5. The molecular formula is C25H21N3O2. The number of carbonyl (C=O) groups is 1. The van der Waals surface area contributed by atoms with Crippen molar-refractivity contribution in [3.8, 4) is 11.1 Å². The van der Waals surface area contributed by atoms with Crippen LogP contribution < -0.4 is 5.32 Å². The second-order valence-electron chi connectivity index (χ2n) is 7.33. The summed E-state index contributed by atoms with van der Waals surface area (Å²) in [6, 6.07) is 22.7. The molecule has 1 amide bonds. The number of rotatable bonds is 5. The van der Waals surface area contributed by atoms with Gasteiger partial charge in [-0.25, -0.2) is 4.79 Å². The van der Waals surface area contributed by atoms with E-state index in [-0.39, 0.29) is 5.92 Å². The molecular weight excluding hydrogens is 374 g/mol. The fourth-order valence-electron chi connectivity index (χ4n) is 4.05. The van der Waals surface area contributed by atoms with Crippen LogP contribution in [0.15, 0.2) is 79.0 Å². The fraction of sp³-hybridized carbons (Fsp3) is 0.120. The molecule has 0 saturated heterocycles. The van der Waals surface area contributed by atoms with Gasteiger partial charge in [0.15, 0.2) is 0 Å². The topological polar surface area (TPSA) is 67.0 Å². The average molecular weight is 395 g/mol. The van der Waals surface area contributed by atoms with Gasteiger partial charge in [0.1, 0.15) is 6.61 Å². The summed E-state index contributed by atoms with van der Waals surface area (Å²) in [6.45, 7) is 0.720. The maximum Gasteiger partial charge on any atom is 0.407 e. The lowest BCUT2D eigenvalue weighted by Crippen LogP contribution is -2.26. The highest BCUT2D eigenvalue weighted by Gasteiger charge is 2.28. The zero-order valence-electron chi connectivity index (χ0n) is 16.3. The summed E-state index contributed by atoms with van der Waals surface area (Å²) in [4.78, 5) is 12.2. The standard InChI is InChI=1S/C25H21N3O2/c29-25(26-13-5-6-17-11-12-18-15-27-28-24(18)14-17)30-16-23-21-9-3-1-7-19(21)20-8-2-4-10-22(20)23/h1-12,14-15,23H,13,16H2,(H,26,29)(H,27,28). The van der Waals surface area contributed by atoms with Gasteiger partial charge in [0.25, 0.3) is 0 Å². The van der Waals surface area contributed by atoms with Crippen LogP contribution in [-0.4, -0.2) is 29.4 Å². The molecule has 5 nitrogen and oxygen atoms in total. The smallest absolute Gasteiger partial charge is 0.407 e. The van der Waals surface area contributed by atoms with Gasteiger partial charge < -0.3 is 10.1 Å². The van der Waals surface area contributed by atoms with E-state index in [1.165, 1.54) is 22.3 Å². The zero-order valence-corrected chi connectivity index (χ0v) is 16.3. The third-order valence-corrected chi connectivity index (χ3v) is 5.48. The van der Waals surface area contributed by atoms with Crippen molar-refractivity contribution >= 4 is 23.1 Å². The number of fused-ring (bicyclic) bond motifs is 4. The molecule has 3 aromatic carbocycles. The van der Waals surface area contributed by atoms with Crippen molar-refractivity contribution in [1.82, 2.24) is 15.5 Å². The number of benzene rings is 3. The molecule has 5 heteroatoms. The predicted molar refractivity (Wildman–Crippen MR) is 118 cm³/mol. The molecule has 0 spiro atoms. The van der Waals surface area contributed by atoms with Crippen LogP contribution in [0, 0.1) is 0 Å². The molecule has 1 aliphatic carbocycles. The molecule has 0 fully saturated rings. The van der Waals surface area contributed by atoms with Gasteiger partial charge in [-0.05, 0) is 33.9 Å². The van der Waals surface area contributed by atoms with Gasteiger partial charge in [-0.2, -0.15) is 5.10 Å². The van der Waals surface area contributed by atoms with Gasteiger partial charge in [0, 0.05) is 17.8 Å². The lowest BCUT2D eigenvalue weighted by molar-refractivity contribution is 0.144. The molecule has 1 heterocycles. The maximum absolute atomic E-state index is 12.2. The Morgan fingerprint density at radius 2 is 1.77 bits per heavy atom. The summed E-state index contributed by atoms with van der Waals surface area (Å²) in [5.74, 6) is 0.0693. The number of carbonyl (C=O) groups excluding carboxylic acids is 1. The monoisotopic (exact) mass is 395 g/mol. The highest BCUT2D eigenvalue weighted by molar-refractivity contribution is 5.81. The number of aromatic amines is 1. The molecule has 0 unspecified atom stereocenters. The van der Waals surface area contributed by atoms with Crippen LogP contribution in [0.3, 0.4) is 0 Å². The first-order valence-electron chi connectivity index (χ1n) is 9.98. The van der Waals surface area contributed by atoms with Crippen LogP contribution in [0.5, 0.6) is 0 Å². The molecule has 30 heavy (non-hydrogen) atoms. The summed E-state index contributed by atoms with van der Waals surface area (Å²) in [6.07, 6.45) is 5.25. The summed E-state index contributed by atoms with van der Waals surface area (Å²) in [7, 11) is 0. The first-order valence-corrected chi connectivity index (χ1v) is 9.98. The summed E-state index contributed by atoms with van der Waals surface area (Å²) in [5.41, 5.74) is 6.89. The van der Waals surface area contributed by atoms with Crippen LogP contribution in [0.4, 0.5) is 4.79 Å². The van der Waals surface area contributed by atoms with Gasteiger partial charge in [-0.1, -0.05) is 72.8 Å². The lowest BCUT2D eigenvalue weighted by Gasteiger charge is -2.14. The van der Waals surface area contributed by atoms with Crippen molar-refractivity contribution in [3.63, 3.8) is 0 Å². The first kappa shape index (κ1) is 18.2. The van der Waals surface area contributed by atoms with E-state index < -0.39 is 6.09 Å². The maximum atomic E-state index is 12.2. The van der Waals surface area contributed by atoms with E-state index in [1.54, 1.807) is 6.20 Å². The van der Waals surface area contributed by atoms with E-state index in [2.05, 4.69) is 39.8 Å². The Balaban J connectivity index is 1.18. The van der Waals surface area contributed by atoms with Gasteiger partial charge in [-0.3, -0.25) is 5.10 Å². The molecule has 0 atom stereocenters. The van der Waals surface area contributed by atoms with Crippen molar-refractivity contribution in [2.45, 2.75) is 5.92 Å². The predicted octanol–water partition coefficient (Wildman–Crippen LogP) is 5.11. The Morgan fingerprint density at radius 3 is 2.53 bits per heavy atom. The summed E-state index contributed by atoms with van der Waals surface area (Å²) in [5, 5.41) is 10.8. The summed E-state index contributed by atoms with van der Waals surface area (Å²) < 4.78 is 5.54. The van der Waals surface area contributed by atoms with E-state index in [0.29, 0.717) is 13.2 Å². The lowest BCUT2D eigenvalue weighted by atomic mass is 9.98. The van der Waals surface area contributed by atoms with Crippen LogP contribution in [0.1, 0.15) is 22.6 Å². The van der Waals surface area contributed by atoms with E-state index in [9.17, 15) is 4.79 Å². The Bertz CT molecular complexity index is 1200. The molecule has 4 aromatic rings. The van der Waals surface area contributed by atoms with Gasteiger partial charge >= 0.3 is 6.09 Å². The molecule has 1 aromatic heterocycles. The third kappa shape index (κ3) is 3.46. The van der Waals surface area contributed by atoms with Crippen molar-refractivity contribution in [2.75, 3.05) is 13.2 Å². The van der Waals surface area contributed by atoms with Gasteiger partial charge in [0.05, 0.1) is 11.7 Å². The number of nitrogens with zero attached hydrogens (tertiary/aromatic N) is 1. The van der Waals surface area contributed by atoms with Crippen LogP contribution in [0.2, 0.25) is 0 Å². The van der Waals surface area contributed by atoms with Crippen LogP contribution in [0.25, 0.3) is 28.1 Å².